The maximum atomic E-state index is 5.06. The number of ether oxygens (including phenoxy) is 1. The fourth-order valence-electron chi connectivity index (χ4n) is 2.15. The van der Waals surface area contributed by atoms with Crippen LogP contribution in [0.25, 0.3) is 5.69 Å². The summed E-state index contributed by atoms with van der Waals surface area (Å²) in [4.78, 5) is 6.63. The fraction of sp³-hybridized carbons (Fsp3) is 0.438. The maximum Gasteiger partial charge on any atom is 0.207 e. The zero-order valence-electron chi connectivity index (χ0n) is 13.3. The van der Waals surface area contributed by atoms with Gasteiger partial charge in [-0.15, -0.1) is 0 Å². The van der Waals surface area contributed by atoms with Crippen LogP contribution in [0.5, 0.6) is 0 Å². The standard InChI is InChI=1S/C16H24N4O/c1-13-12-20(16(18-13)17-10-5-11-21-4)15-8-6-14(7-9-15)19(2)3/h6-9,12H,5,10-11H2,1-4H3,(H,17,18). The van der Waals surface area contributed by atoms with Crippen molar-refractivity contribution in [2.24, 2.45) is 0 Å². The Bertz CT molecular complexity index is 560. The lowest BCUT2D eigenvalue weighted by molar-refractivity contribution is 0.197. The van der Waals surface area contributed by atoms with E-state index < -0.39 is 0 Å². The summed E-state index contributed by atoms with van der Waals surface area (Å²) in [7, 11) is 5.80. The van der Waals surface area contributed by atoms with Crippen LogP contribution in [-0.4, -0.2) is 43.9 Å². The zero-order chi connectivity index (χ0) is 15.2. The number of hydrogen-bond donors (Lipinski definition) is 1. The molecule has 114 valence electrons. The predicted molar refractivity (Wildman–Crippen MR) is 87.6 cm³/mol. The van der Waals surface area contributed by atoms with E-state index in [4.69, 9.17) is 4.74 Å². The molecule has 1 heterocycles. The molecule has 2 aromatic rings. The summed E-state index contributed by atoms with van der Waals surface area (Å²) in [5.41, 5.74) is 3.29. The normalized spacial score (nSPS) is 10.7. The van der Waals surface area contributed by atoms with Crippen LogP contribution in [0.15, 0.2) is 30.5 Å². The van der Waals surface area contributed by atoms with E-state index in [0.29, 0.717) is 0 Å². The lowest BCUT2D eigenvalue weighted by Crippen LogP contribution is -2.10. The van der Waals surface area contributed by atoms with Crippen LogP contribution < -0.4 is 10.2 Å². The quantitative estimate of drug-likeness (QED) is 0.796. The first-order valence-corrected chi connectivity index (χ1v) is 7.18. The number of aryl methyl sites for hydroxylation is 1. The number of anilines is 2. The minimum absolute atomic E-state index is 0.754. The molecule has 0 bridgehead atoms. The third-order valence-corrected chi connectivity index (χ3v) is 3.28. The first-order valence-electron chi connectivity index (χ1n) is 7.18. The van der Waals surface area contributed by atoms with Gasteiger partial charge in [-0.25, -0.2) is 4.98 Å². The van der Waals surface area contributed by atoms with Crippen molar-refractivity contribution in [2.45, 2.75) is 13.3 Å². The van der Waals surface area contributed by atoms with Gasteiger partial charge in [0.2, 0.25) is 5.95 Å². The Morgan fingerprint density at radius 1 is 1.24 bits per heavy atom. The minimum atomic E-state index is 0.754. The number of rotatable bonds is 7. The van der Waals surface area contributed by atoms with Gasteiger partial charge in [0.15, 0.2) is 0 Å². The molecule has 0 spiro atoms. The van der Waals surface area contributed by atoms with Crippen molar-refractivity contribution in [1.29, 1.82) is 0 Å². The zero-order valence-corrected chi connectivity index (χ0v) is 13.3. The highest BCUT2D eigenvalue weighted by molar-refractivity contribution is 5.52. The van der Waals surface area contributed by atoms with Crippen molar-refractivity contribution in [2.75, 3.05) is 44.6 Å². The van der Waals surface area contributed by atoms with Crippen LogP contribution in [-0.2, 0) is 4.74 Å². The van der Waals surface area contributed by atoms with Crippen molar-refractivity contribution in [3.05, 3.63) is 36.2 Å². The number of benzene rings is 1. The summed E-state index contributed by atoms with van der Waals surface area (Å²) in [5.74, 6) is 0.876. The molecule has 21 heavy (non-hydrogen) atoms. The molecule has 0 saturated heterocycles. The van der Waals surface area contributed by atoms with Crippen LogP contribution in [0.4, 0.5) is 11.6 Å². The Hall–Kier alpha value is -2.01. The lowest BCUT2D eigenvalue weighted by Gasteiger charge is -2.14. The molecule has 0 fully saturated rings. The summed E-state index contributed by atoms with van der Waals surface area (Å²) < 4.78 is 7.15. The van der Waals surface area contributed by atoms with Gasteiger partial charge in [-0.05, 0) is 37.6 Å². The summed E-state index contributed by atoms with van der Waals surface area (Å²) in [6, 6.07) is 8.44. The van der Waals surface area contributed by atoms with E-state index in [1.165, 1.54) is 5.69 Å². The van der Waals surface area contributed by atoms with E-state index in [9.17, 15) is 0 Å². The van der Waals surface area contributed by atoms with Crippen LogP contribution in [0, 0.1) is 6.92 Å². The van der Waals surface area contributed by atoms with Gasteiger partial charge in [0.05, 0.1) is 5.69 Å². The van der Waals surface area contributed by atoms with Gasteiger partial charge in [-0.3, -0.25) is 4.57 Å². The highest BCUT2D eigenvalue weighted by Crippen LogP contribution is 2.19. The SMILES string of the molecule is COCCCNc1nc(C)cn1-c1ccc(N(C)C)cc1. The van der Waals surface area contributed by atoms with E-state index in [-0.39, 0.29) is 0 Å². The van der Waals surface area contributed by atoms with E-state index >= 15 is 0 Å². The number of imidazole rings is 1. The van der Waals surface area contributed by atoms with Crippen LogP contribution in [0.3, 0.4) is 0 Å². The summed E-state index contributed by atoms with van der Waals surface area (Å²) in [6.07, 6.45) is 3.01. The molecular weight excluding hydrogens is 264 g/mol. The molecule has 0 aliphatic rings. The number of nitrogens with zero attached hydrogens (tertiary/aromatic N) is 3. The largest absolute Gasteiger partial charge is 0.385 e. The average Bonchev–Trinajstić information content (AvgIpc) is 2.85. The topological polar surface area (TPSA) is 42.3 Å². The second-order valence-electron chi connectivity index (χ2n) is 5.26. The Balaban J connectivity index is 2.14. The molecule has 1 aromatic heterocycles. The van der Waals surface area contributed by atoms with Crippen molar-refractivity contribution in [3.63, 3.8) is 0 Å². The van der Waals surface area contributed by atoms with Gasteiger partial charge in [0.25, 0.3) is 0 Å². The Kier molecular flexibility index (Phi) is 5.22. The number of methoxy groups -OCH3 is 1. The van der Waals surface area contributed by atoms with Gasteiger partial charge in [-0.1, -0.05) is 0 Å². The van der Waals surface area contributed by atoms with Gasteiger partial charge in [-0.2, -0.15) is 0 Å². The van der Waals surface area contributed by atoms with Gasteiger partial charge < -0.3 is 15.0 Å². The van der Waals surface area contributed by atoms with E-state index in [1.807, 2.05) is 27.2 Å². The van der Waals surface area contributed by atoms with E-state index in [2.05, 4.69) is 44.0 Å². The highest BCUT2D eigenvalue weighted by Gasteiger charge is 2.07. The fourth-order valence-corrected chi connectivity index (χ4v) is 2.15. The Labute approximate surface area is 126 Å². The average molecular weight is 288 g/mol. The van der Waals surface area contributed by atoms with E-state index in [0.717, 1.165) is 36.9 Å². The summed E-state index contributed by atoms with van der Waals surface area (Å²) in [6.45, 7) is 3.61. The Morgan fingerprint density at radius 3 is 2.57 bits per heavy atom. The van der Waals surface area contributed by atoms with Crippen LogP contribution in [0.1, 0.15) is 12.1 Å². The third-order valence-electron chi connectivity index (χ3n) is 3.28. The molecule has 0 aliphatic heterocycles. The number of nitrogens with one attached hydrogen (secondary N) is 1. The second kappa shape index (κ2) is 7.13. The molecule has 0 radical (unpaired) electrons. The lowest BCUT2D eigenvalue weighted by atomic mass is 10.2. The maximum absolute atomic E-state index is 5.06. The molecule has 0 unspecified atom stereocenters. The first-order chi connectivity index (χ1) is 10.1. The van der Waals surface area contributed by atoms with Crippen molar-refractivity contribution in [1.82, 2.24) is 9.55 Å². The first kappa shape index (κ1) is 15.4. The minimum Gasteiger partial charge on any atom is -0.385 e. The molecule has 0 atom stereocenters. The van der Waals surface area contributed by atoms with Gasteiger partial charge >= 0.3 is 0 Å². The number of aromatic nitrogens is 2. The number of hydrogen-bond acceptors (Lipinski definition) is 4. The van der Waals surface area contributed by atoms with Crippen molar-refractivity contribution in [3.8, 4) is 5.69 Å². The molecular formula is C16H24N4O. The third kappa shape index (κ3) is 3.98. The molecule has 0 aliphatic carbocycles. The molecule has 1 aromatic carbocycles. The van der Waals surface area contributed by atoms with Crippen LogP contribution in [0.2, 0.25) is 0 Å². The highest BCUT2D eigenvalue weighted by atomic mass is 16.5. The molecule has 0 saturated carbocycles. The van der Waals surface area contributed by atoms with E-state index in [1.54, 1.807) is 7.11 Å². The van der Waals surface area contributed by atoms with Crippen LogP contribution >= 0.6 is 0 Å². The molecule has 0 amide bonds. The summed E-state index contributed by atoms with van der Waals surface area (Å²) in [5, 5.41) is 3.37. The van der Waals surface area contributed by atoms with Crippen molar-refractivity contribution >= 4 is 11.6 Å². The molecule has 2 rings (SSSR count). The van der Waals surface area contributed by atoms with Gasteiger partial charge in [0, 0.05) is 51.9 Å². The predicted octanol–water partition coefficient (Wildman–Crippen LogP) is 2.70. The molecule has 5 heteroatoms. The monoisotopic (exact) mass is 288 g/mol. The smallest absolute Gasteiger partial charge is 0.207 e. The van der Waals surface area contributed by atoms with Crippen molar-refractivity contribution < 1.29 is 4.74 Å². The summed E-state index contributed by atoms with van der Waals surface area (Å²) >= 11 is 0. The Morgan fingerprint density at radius 2 is 1.95 bits per heavy atom. The van der Waals surface area contributed by atoms with Gasteiger partial charge in [0.1, 0.15) is 0 Å². The molecule has 1 N–H and O–H groups in total. The second-order valence-corrected chi connectivity index (χ2v) is 5.26. The molecule has 5 nitrogen and oxygen atoms in total.